The minimum absolute atomic E-state index is 0.145. The van der Waals surface area contributed by atoms with E-state index in [4.69, 9.17) is 4.42 Å². The molecule has 2 N–H and O–H groups in total. The summed E-state index contributed by atoms with van der Waals surface area (Å²) in [6.07, 6.45) is 4.36. The lowest BCUT2D eigenvalue weighted by Crippen LogP contribution is -2.26. The first-order chi connectivity index (χ1) is 9.53. The van der Waals surface area contributed by atoms with Crippen LogP contribution in [-0.2, 0) is 16.6 Å². The molecule has 0 aliphatic heterocycles. The SMILES string of the molecule is CNCCn1cc(S(=O)(=O)NC(C)c2ccco2)cn1. The average Bonchev–Trinajstić information content (AvgIpc) is 3.07. The fraction of sp³-hybridized carbons (Fsp3) is 0.417. The Labute approximate surface area is 118 Å². The summed E-state index contributed by atoms with van der Waals surface area (Å²) in [4.78, 5) is 0.145. The van der Waals surface area contributed by atoms with Gasteiger partial charge in [0.15, 0.2) is 0 Å². The number of hydrogen-bond acceptors (Lipinski definition) is 5. The van der Waals surface area contributed by atoms with Crippen LogP contribution in [0.5, 0.6) is 0 Å². The molecule has 0 radical (unpaired) electrons. The van der Waals surface area contributed by atoms with Gasteiger partial charge in [-0.3, -0.25) is 4.68 Å². The topological polar surface area (TPSA) is 89.2 Å². The van der Waals surface area contributed by atoms with E-state index in [0.717, 1.165) is 6.54 Å². The van der Waals surface area contributed by atoms with Crippen molar-refractivity contribution in [2.45, 2.75) is 24.4 Å². The van der Waals surface area contributed by atoms with E-state index in [1.54, 1.807) is 23.7 Å². The smallest absolute Gasteiger partial charge is 0.244 e. The van der Waals surface area contributed by atoms with Crippen molar-refractivity contribution in [3.05, 3.63) is 36.5 Å². The Morgan fingerprint density at radius 1 is 1.50 bits per heavy atom. The third-order valence-electron chi connectivity index (χ3n) is 2.81. The number of likely N-dealkylation sites (N-methyl/N-ethyl adjacent to an activating group) is 1. The van der Waals surface area contributed by atoms with Gasteiger partial charge in [0.2, 0.25) is 10.0 Å². The number of aromatic nitrogens is 2. The Kier molecular flexibility index (Phi) is 4.58. The molecule has 0 aliphatic rings. The van der Waals surface area contributed by atoms with E-state index in [9.17, 15) is 8.42 Å². The molecule has 7 nitrogen and oxygen atoms in total. The van der Waals surface area contributed by atoms with E-state index in [-0.39, 0.29) is 4.90 Å². The summed E-state index contributed by atoms with van der Waals surface area (Å²) in [5.74, 6) is 0.566. The van der Waals surface area contributed by atoms with Crippen LogP contribution in [0.2, 0.25) is 0 Å². The van der Waals surface area contributed by atoms with Gasteiger partial charge in [-0.05, 0) is 26.1 Å². The first kappa shape index (κ1) is 14.8. The third-order valence-corrected chi connectivity index (χ3v) is 4.31. The highest BCUT2D eigenvalue weighted by molar-refractivity contribution is 7.89. The number of hydrogen-bond donors (Lipinski definition) is 2. The predicted molar refractivity (Wildman–Crippen MR) is 73.6 cm³/mol. The molecule has 1 unspecified atom stereocenters. The van der Waals surface area contributed by atoms with Gasteiger partial charge in [-0.15, -0.1) is 0 Å². The van der Waals surface area contributed by atoms with Crippen LogP contribution in [0.4, 0.5) is 0 Å². The predicted octanol–water partition coefficient (Wildman–Crippen LogP) is 0.735. The highest BCUT2D eigenvalue weighted by Gasteiger charge is 2.21. The molecule has 0 saturated heterocycles. The van der Waals surface area contributed by atoms with Gasteiger partial charge in [0.1, 0.15) is 10.7 Å². The fourth-order valence-corrected chi connectivity index (χ4v) is 2.89. The maximum Gasteiger partial charge on any atom is 0.244 e. The van der Waals surface area contributed by atoms with Gasteiger partial charge in [-0.1, -0.05) is 0 Å². The van der Waals surface area contributed by atoms with Gasteiger partial charge in [0.05, 0.1) is 25.0 Å². The molecule has 2 rings (SSSR count). The van der Waals surface area contributed by atoms with E-state index in [1.807, 2.05) is 7.05 Å². The van der Waals surface area contributed by atoms with Gasteiger partial charge >= 0.3 is 0 Å². The van der Waals surface area contributed by atoms with Gasteiger partial charge in [-0.2, -0.15) is 5.10 Å². The van der Waals surface area contributed by atoms with E-state index >= 15 is 0 Å². The summed E-state index contributed by atoms with van der Waals surface area (Å²) < 4.78 is 33.7. The minimum atomic E-state index is -3.60. The first-order valence-electron chi connectivity index (χ1n) is 6.25. The van der Waals surface area contributed by atoms with Gasteiger partial charge in [0.25, 0.3) is 0 Å². The average molecular weight is 298 g/mol. The fourth-order valence-electron chi connectivity index (χ4n) is 1.73. The molecule has 0 amide bonds. The zero-order valence-electron chi connectivity index (χ0n) is 11.4. The molecule has 0 saturated carbocycles. The van der Waals surface area contributed by atoms with Crippen LogP contribution < -0.4 is 10.0 Å². The van der Waals surface area contributed by atoms with Crippen molar-refractivity contribution in [1.82, 2.24) is 19.8 Å². The summed E-state index contributed by atoms with van der Waals surface area (Å²) in [7, 11) is -1.78. The van der Waals surface area contributed by atoms with Gasteiger partial charge in [-0.25, -0.2) is 13.1 Å². The molecular formula is C12H18N4O3S. The lowest BCUT2D eigenvalue weighted by Gasteiger charge is -2.10. The van der Waals surface area contributed by atoms with E-state index in [0.29, 0.717) is 12.3 Å². The Hall–Kier alpha value is -1.64. The first-order valence-corrected chi connectivity index (χ1v) is 7.74. The molecular weight excluding hydrogens is 280 g/mol. The maximum absolute atomic E-state index is 12.2. The molecule has 0 bridgehead atoms. The number of nitrogens with zero attached hydrogens (tertiary/aromatic N) is 2. The van der Waals surface area contributed by atoms with Crippen LogP contribution >= 0.6 is 0 Å². The lowest BCUT2D eigenvalue weighted by atomic mass is 10.3. The molecule has 2 heterocycles. The molecule has 1 atom stereocenters. The van der Waals surface area contributed by atoms with Crippen LogP contribution in [0.3, 0.4) is 0 Å². The summed E-state index contributed by atoms with van der Waals surface area (Å²) >= 11 is 0. The number of sulfonamides is 1. The second kappa shape index (κ2) is 6.21. The summed E-state index contributed by atoms with van der Waals surface area (Å²) in [5.41, 5.74) is 0. The Morgan fingerprint density at radius 3 is 2.95 bits per heavy atom. The summed E-state index contributed by atoms with van der Waals surface area (Å²) in [6.45, 7) is 3.05. The molecule has 2 aromatic rings. The molecule has 0 aromatic carbocycles. The molecule has 0 fully saturated rings. The molecule has 0 spiro atoms. The third kappa shape index (κ3) is 3.47. The second-order valence-corrected chi connectivity index (χ2v) is 6.12. The van der Waals surface area contributed by atoms with Crippen molar-refractivity contribution in [1.29, 1.82) is 0 Å². The zero-order valence-corrected chi connectivity index (χ0v) is 12.2. The maximum atomic E-state index is 12.2. The van der Waals surface area contributed by atoms with E-state index in [2.05, 4.69) is 15.1 Å². The quantitative estimate of drug-likeness (QED) is 0.787. The largest absolute Gasteiger partial charge is 0.468 e. The monoisotopic (exact) mass is 298 g/mol. The minimum Gasteiger partial charge on any atom is -0.468 e. The van der Waals surface area contributed by atoms with Crippen LogP contribution in [0.1, 0.15) is 18.7 Å². The van der Waals surface area contributed by atoms with Crippen LogP contribution in [0, 0.1) is 0 Å². The van der Waals surface area contributed by atoms with Crippen LogP contribution in [0.25, 0.3) is 0 Å². The van der Waals surface area contributed by atoms with Crippen molar-refractivity contribution in [3.63, 3.8) is 0 Å². The van der Waals surface area contributed by atoms with Gasteiger partial charge < -0.3 is 9.73 Å². The number of furan rings is 1. The Bertz CT molecular complexity index is 633. The van der Waals surface area contributed by atoms with Crippen LogP contribution in [-0.4, -0.2) is 31.8 Å². The van der Waals surface area contributed by atoms with E-state index in [1.165, 1.54) is 18.7 Å². The molecule has 110 valence electrons. The Morgan fingerprint density at radius 2 is 2.30 bits per heavy atom. The van der Waals surface area contributed by atoms with E-state index < -0.39 is 16.1 Å². The molecule has 2 aromatic heterocycles. The standard InChI is InChI=1S/C12H18N4O3S/c1-10(12-4-3-7-19-12)15-20(17,18)11-8-14-16(9-11)6-5-13-2/h3-4,7-10,13,15H,5-6H2,1-2H3. The highest BCUT2D eigenvalue weighted by Crippen LogP contribution is 2.16. The summed E-state index contributed by atoms with van der Waals surface area (Å²) in [6, 6.07) is 3.01. The normalized spacial score (nSPS) is 13.5. The van der Waals surface area contributed by atoms with Crippen molar-refractivity contribution in [2.75, 3.05) is 13.6 Å². The van der Waals surface area contributed by atoms with Gasteiger partial charge in [0, 0.05) is 12.7 Å². The summed E-state index contributed by atoms with van der Waals surface area (Å²) in [5, 5.41) is 7.00. The molecule has 0 aliphatic carbocycles. The Balaban J connectivity index is 2.08. The van der Waals surface area contributed by atoms with Crippen molar-refractivity contribution >= 4 is 10.0 Å². The second-order valence-electron chi connectivity index (χ2n) is 4.40. The lowest BCUT2D eigenvalue weighted by molar-refractivity contribution is 0.459. The number of nitrogens with one attached hydrogen (secondary N) is 2. The van der Waals surface area contributed by atoms with Crippen molar-refractivity contribution in [3.8, 4) is 0 Å². The van der Waals surface area contributed by atoms with Crippen molar-refractivity contribution < 1.29 is 12.8 Å². The zero-order chi connectivity index (χ0) is 14.6. The molecule has 8 heteroatoms. The highest BCUT2D eigenvalue weighted by atomic mass is 32.2. The van der Waals surface area contributed by atoms with Crippen LogP contribution in [0.15, 0.2) is 40.1 Å². The van der Waals surface area contributed by atoms with Crippen molar-refractivity contribution in [2.24, 2.45) is 0 Å². The number of rotatable bonds is 7. The molecule has 20 heavy (non-hydrogen) atoms.